The standard InChI is InChI=1S/C27H45N3O5/c1-25-8-5-19(35-24(34)30-13-11-29(12-14-30)15-16-31)17-18(25)3-4-21-20(25)6-9-26(2)22(23(32)33)7-10-27(21,26)28/h18-22,31H,3-17,28H2,1-2H3,(H,32,33)/t18?,19?,20-,21-,22?,25+,26-,27-/m1/s1. The summed E-state index contributed by atoms with van der Waals surface area (Å²) in [5.74, 6) is 0.459. The molecule has 1 amide bonds. The molecule has 4 N–H and O–H groups in total. The number of carboxylic acids is 1. The van der Waals surface area contributed by atoms with Crippen molar-refractivity contribution in [3.8, 4) is 0 Å². The van der Waals surface area contributed by atoms with Gasteiger partial charge in [-0.05, 0) is 86.4 Å². The molecule has 1 heterocycles. The lowest BCUT2D eigenvalue weighted by Crippen LogP contribution is -2.66. The van der Waals surface area contributed by atoms with E-state index >= 15 is 0 Å². The maximum absolute atomic E-state index is 12.9. The molecule has 5 rings (SSSR count). The first-order valence-electron chi connectivity index (χ1n) is 13.9. The summed E-state index contributed by atoms with van der Waals surface area (Å²) in [6.07, 6.45) is 8.36. The zero-order valence-electron chi connectivity index (χ0n) is 21.6. The zero-order valence-corrected chi connectivity index (χ0v) is 21.6. The van der Waals surface area contributed by atoms with Gasteiger partial charge in [0.1, 0.15) is 6.10 Å². The lowest BCUT2D eigenvalue weighted by Gasteiger charge is -2.64. The van der Waals surface area contributed by atoms with Crippen molar-refractivity contribution < 1.29 is 24.5 Å². The molecule has 1 aliphatic heterocycles. The maximum Gasteiger partial charge on any atom is 0.410 e. The smallest absolute Gasteiger partial charge is 0.410 e. The van der Waals surface area contributed by atoms with E-state index in [4.69, 9.17) is 15.6 Å². The fraction of sp³-hybridized carbons (Fsp3) is 0.926. The van der Waals surface area contributed by atoms with Crippen LogP contribution in [0.25, 0.3) is 0 Å². The van der Waals surface area contributed by atoms with Crippen LogP contribution in [0, 0.1) is 34.5 Å². The summed E-state index contributed by atoms with van der Waals surface area (Å²) >= 11 is 0. The molecule has 198 valence electrons. The molecule has 0 spiro atoms. The highest BCUT2D eigenvalue weighted by Gasteiger charge is 2.67. The van der Waals surface area contributed by atoms with E-state index in [0.29, 0.717) is 43.8 Å². The first-order chi connectivity index (χ1) is 16.6. The average Bonchev–Trinajstić information content (AvgIpc) is 3.11. The number of hydrogen-bond donors (Lipinski definition) is 3. The van der Waals surface area contributed by atoms with Gasteiger partial charge in [-0.25, -0.2) is 4.79 Å². The van der Waals surface area contributed by atoms with E-state index in [0.717, 1.165) is 64.5 Å². The number of aliphatic hydroxyl groups excluding tert-OH is 1. The van der Waals surface area contributed by atoms with Gasteiger partial charge in [0.15, 0.2) is 0 Å². The van der Waals surface area contributed by atoms with Crippen LogP contribution in [0.1, 0.15) is 71.6 Å². The number of nitrogens with zero attached hydrogens (tertiary/aromatic N) is 2. The quantitative estimate of drug-likeness (QED) is 0.554. The zero-order chi connectivity index (χ0) is 25.0. The second-order valence-electron chi connectivity index (χ2n) is 12.8. The van der Waals surface area contributed by atoms with Crippen molar-refractivity contribution in [1.82, 2.24) is 9.80 Å². The second-order valence-corrected chi connectivity index (χ2v) is 12.8. The molecular formula is C27H45N3O5. The topological polar surface area (TPSA) is 116 Å². The number of carbonyl (C=O) groups is 2. The Hall–Kier alpha value is -1.38. The summed E-state index contributed by atoms with van der Waals surface area (Å²) < 4.78 is 6.03. The molecule has 4 saturated carbocycles. The van der Waals surface area contributed by atoms with Gasteiger partial charge >= 0.3 is 12.1 Å². The third kappa shape index (κ3) is 3.98. The second kappa shape index (κ2) is 9.18. The summed E-state index contributed by atoms with van der Waals surface area (Å²) in [4.78, 5) is 28.9. The van der Waals surface area contributed by atoms with Gasteiger partial charge in [0.05, 0.1) is 12.5 Å². The molecule has 8 nitrogen and oxygen atoms in total. The number of fused-ring (bicyclic) bond motifs is 5. The van der Waals surface area contributed by atoms with E-state index in [1.54, 1.807) is 0 Å². The Morgan fingerprint density at radius 2 is 1.71 bits per heavy atom. The fourth-order valence-corrected chi connectivity index (χ4v) is 9.30. The van der Waals surface area contributed by atoms with Crippen LogP contribution in [0.4, 0.5) is 4.79 Å². The molecule has 5 fully saturated rings. The number of β-amino-alcohol motifs (C(OH)–C–C–N with tert-alkyl or cyclic N) is 1. The fourth-order valence-electron chi connectivity index (χ4n) is 9.30. The number of hydrogen-bond acceptors (Lipinski definition) is 6. The molecule has 0 radical (unpaired) electrons. The Labute approximate surface area is 209 Å². The number of aliphatic carboxylic acids is 1. The van der Waals surface area contributed by atoms with E-state index in [9.17, 15) is 14.7 Å². The van der Waals surface area contributed by atoms with Crippen LogP contribution >= 0.6 is 0 Å². The molecule has 8 heteroatoms. The Balaban J connectivity index is 1.22. The number of rotatable bonds is 4. The van der Waals surface area contributed by atoms with Crippen LogP contribution in [0.2, 0.25) is 0 Å². The lowest BCUT2D eigenvalue weighted by atomic mass is 9.42. The lowest BCUT2D eigenvalue weighted by molar-refractivity contribution is -0.157. The largest absolute Gasteiger partial charge is 0.481 e. The molecule has 35 heavy (non-hydrogen) atoms. The van der Waals surface area contributed by atoms with Crippen molar-refractivity contribution in [1.29, 1.82) is 0 Å². The average molecular weight is 492 g/mol. The molecule has 8 atom stereocenters. The minimum absolute atomic E-state index is 0.0174. The van der Waals surface area contributed by atoms with E-state index in [2.05, 4.69) is 18.7 Å². The normalized spacial score (nSPS) is 45.8. The van der Waals surface area contributed by atoms with Crippen LogP contribution in [-0.2, 0) is 9.53 Å². The first-order valence-corrected chi connectivity index (χ1v) is 13.9. The van der Waals surface area contributed by atoms with Crippen LogP contribution in [0.5, 0.6) is 0 Å². The minimum atomic E-state index is -0.671. The Morgan fingerprint density at radius 1 is 0.971 bits per heavy atom. The third-order valence-electron chi connectivity index (χ3n) is 11.6. The number of ether oxygens (including phenoxy) is 1. The van der Waals surface area contributed by atoms with Crippen molar-refractivity contribution in [2.24, 2.45) is 40.2 Å². The van der Waals surface area contributed by atoms with E-state index < -0.39 is 5.97 Å². The molecule has 0 bridgehead atoms. The highest BCUT2D eigenvalue weighted by atomic mass is 16.6. The number of carbonyl (C=O) groups excluding carboxylic acids is 1. The Kier molecular flexibility index (Phi) is 6.63. The summed E-state index contributed by atoms with van der Waals surface area (Å²) in [5, 5.41) is 19.0. The molecule has 0 aromatic carbocycles. The van der Waals surface area contributed by atoms with Crippen molar-refractivity contribution in [2.45, 2.75) is 83.3 Å². The van der Waals surface area contributed by atoms with Crippen LogP contribution in [-0.4, -0.2) is 83.0 Å². The van der Waals surface area contributed by atoms with Gasteiger partial charge in [-0.3, -0.25) is 9.69 Å². The summed E-state index contributed by atoms with van der Waals surface area (Å²) in [6, 6.07) is 0. The molecule has 1 saturated heterocycles. The first kappa shape index (κ1) is 25.3. The molecule has 0 aromatic rings. The number of carboxylic acid groups (broad SMARTS) is 1. The molecule has 5 aliphatic rings. The molecule has 4 aliphatic carbocycles. The maximum atomic E-state index is 12.9. The number of amides is 1. The van der Waals surface area contributed by atoms with Crippen LogP contribution in [0.15, 0.2) is 0 Å². The van der Waals surface area contributed by atoms with Gasteiger partial charge in [-0.1, -0.05) is 13.8 Å². The molecule has 0 aromatic heterocycles. The number of aliphatic hydroxyl groups is 1. The van der Waals surface area contributed by atoms with E-state index in [-0.39, 0.29) is 41.1 Å². The summed E-state index contributed by atoms with van der Waals surface area (Å²) in [7, 11) is 0. The van der Waals surface area contributed by atoms with E-state index in [1.165, 1.54) is 0 Å². The highest BCUT2D eigenvalue weighted by Crippen LogP contribution is 2.68. The highest BCUT2D eigenvalue weighted by molar-refractivity contribution is 5.72. The van der Waals surface area contributed by atoms with Gasteiger partial charge < -0.3 is 25.6 Å². The van der Waals surface area contributed by atoms with Crippen molar-refractivity contribution in [3.63, 3.8) is 0 Å². The summed E-state index contributed by atoms with van der Waals surface area (Å²) in [6.45, 7) is 8.30. The Morgan fingerprint density at radius 3 is 2.40 bits per heavy atom. The van der Waals surface area contributed by atoms with Crippen molar-refractivity contribution in [2.75, 3.05) is 39.3 Å². The molecule has 3 unspecified atom stereocenters. The van der Waals surface area contributed by atoms with Gasteiger partial charge in [0.2, 0.25) is 0 Å². The van der Waals surface area contributed by atoms with Crippen molar-refractivity contribution >= 4 is 12.1 Å². The van der Waals surface area contributed by atoms with Gasteiger partial charge in [0.25, 0.3) is 0 Å². The number of nitrogens with two attached hydrogens (primary N) is 1. The predicted octanol–water partition coefficient (Wildman–Crippen LogP) is 2.93. The minimum Gasteiger partial charge on any atom is -0.481 e. The van der Waals surface area contributed by atoms with Gasteiger partial charge in [0, 0.05) is 38.3 Å². The van der Waals surface area contributed by atoms with Gasteiger partial charge in [-0.15, -0.1) is 0 Å². The monoisotopic (exact) mass is 491 g/mol. The Bertz CT molecular complexity index is 832. The van der Waals surface area contributed by atoms with Gasteiger partial charge in [-0.2, -0.15) is 0 Å². The SMILES string of the molecule is C[C@]12CCC(OC(=O)N3CCN(CCO)CC3)CC1CC[C@@H]1[C@H]2CC[C@]2(C)C(C(=O)O)CC[C@@]12N. The predicted molar refractivity (Wildman–Crippen MR) is 132 cm³/mol. The van der Waals surface area contributed by atoms with Crippen molar-refractivity contribution in [3.05, 3.63) is 0 Å². The van der Waals surface area contributed by atoms with Crippen LogP contribution < -0.4 is 5.73 Å². The third-order valence-corrected chi connectivity index (χ3v) is 11.6. The summed E-state index contributed by atoms with van der Waals surface area (Å²) in [5.41, 5.74) is 6.71. The van der Waals surface area contributed by atoms with Crippen LogP contribution in [0.3, 0.4) is 0 Å². The number of piperazine rings is 1. The van der Waals surface area contributed by atoms with E-state index in [1.807, 2.05) is 4.90 Å². The molecular weight excluding hydrogens is 446 g/mol.